The van der Waals surface area contributed by atoms with Crippen molar-refractivity contribution < 1.29 is 0 Å². The standard InChI is InChI=1S/C5H8N2O/c1-4-3-6-7(2)5(4)8/h3,6H,1-2H3. The Morgan fingerprint density at radius 2 is 2.38 bits per heavy atom. The lowest BCUT2D eigenvalue weighted by atomic mass is 10.4. The number of aromatic nitrogens is 2. The van der Waals surface area contributed by atoms with Gasteiger partial charge in [-0.1, -0.05) is 0 Å². The number of nitrogens with zero attached hydrogens (tertiary/aromatic N) is 1. The lowest BCUT2D eigenvalue weighted by molar-refractivity contribution is 0.739. The molecule has 0 aliphatic carbocycles. The fraction of sp³-hybridized carbons (Fsp3) is 0.400. The molecule has 0 radical (unpaired) electrons. The van der Waals surface area contributed by atoms with Gasteiger partial charge in [0, 0.05) is 18.8 Å². The van der Waals surface area contributed by atoms with Crippen molar-refractivity contribution in [3.05, 3.63) is 22.1 Å². The minimum atomic E-state index is 0.0463. The van der Waals surface area contributed by atoms with Gasteiger partial charge < -0.3 is 5.10 Å². The molecule has 1 rings (SSSR count). The summed E-state index contributed by atoms with van der Waals surface area (Å²) in [6, 6.07) is 0. The Labute approximate surface area is 46.9 Å². The number of hydrogen-bond acceptors (Lipinski definition) is 1. The van der Waals surface area contributed by atoms with Crippen LogP contribution in [0.3, 0.4) is 0 Å². The van der Waals surface area contributed by atoms with Crippen LogP contribution in [0.5, 0.6) is 0 Å². The zero-order valence-electron chi connectivity index (χ0n) is 4.93. The molecular formula is C5H8N2O. The highest BCUT2D eigenvalue weighted by molar-refractivity contribution is 4.99. The van der Waals surface area contributed by atoms with E-state index >= 15 is 0 Å². The van der Waals surface area contributed by atoms with Crippen LogP contribution in [0.15, 0.2) is 11.0 Å². The Kier molecular flexibility index (Phi) is 0.970. The molecule has 3 heteroatoms. The van der Waals surface area contributed by atoms with Gasteiger partial charge in [0.15, 0.2) is 0 Å². The summed E-state index contributed by atoms with van der Waals surface area (Å²) in [5.74, 6) is 0. The van der Waals surface area contributed by atoms with Gasteiger partial charge in [-0.2, -0.15) is 0 Å². The Hall–Kier alpha value is -0.990. The lowest BCUT2D eigenvalue weighted by Gasteiger charge is -1.80. The van der Waals surface area contributed by atoms with E-state index in [4.69, 9.17) is 0 Å². The number of hydrogen-bond donors (Lipinski definition) is 1. The minimum absolute atomic E-state index is 0.0463. The largest absolute Gasteiger partial charge is 0.303 e. The Bertz CT molecular complexity index is 210. The molecule has 0 saturated heterocycles. The van der Waals surface area contributed by atoms with Crippen LogP contribution in [0.25, 0.3) is 0 Å². The molecule has 8 heavy (non-hydrogen) atoms. The van der Waals surface area contributed by atoms with Gasteiger partial charge in [0.1, 0.15) is 0 Å². The van der Waals surface area contributed by atoms with E-state index in [2.05, 4.69) is 5.10 Å². The first-order valence-corrected chi connectivity index (χ1v) is 2.43. The molecule has 0 spiro atoms. The van der Waals surface area contributed by atoms with Crippen molar-refractivity contribution >= 4 is 0 Å². The summed E-state index contributed by atoms with van der Waals surface area (Å²) in [5.41, 5.74) is 0.803. The molecule has 1 N–H and O–H groups in total. The fourth-order valence-electron chi connectivity index (χ4n) is 0.579. The van der Waals surface area contributed by atoms with E-state index in [1.807, 2.05) is 0 Å². The molecule has 0 atom stereocenters. The quantitative estimate of drug-likeness (QED) is 0.505. The van der Waals surface area contributed by atoms with E-state index < -0.39 is 0 Å². The maximum absolute atomic E-state index is 10.7. The molecule has 0 bridgehead atoms. The van der Waals surface area contributed by atoms with Crippen LogP contribution in [0, 0.1) is 6.92 Å². The third kappa shape index (κ3) is 0.559. The maximum Gasteiger partial charge on any atom is 0.269 e. The molecule has 0 fully saturated rings. The minimum Gasteiger partial charge on any atom is -0.303 e. The first kappa shape index (κ1) is 5.15. The van der Waals surface area contributed by atoms with Crippen molar-refractivity contribution in [3.8, 4) is 0 Å². The first-order valence-electron chi connectivity index (χ1n) is 2.43. The molecule has 3 nitrogen and oxygen atoms in total. The average molecular weight is 112 g/mol. The molecule has 0 aliphatic heterocycles. The average Bonchev–Trinajstić information content (AvgIpc) is 1.98. The third-order valence-corrected chi connectivity index (χ3v) is 1.12. The predicted molar refractivity (Wildman–Crippen MR) is 30.8 cm³/mol. The van der Waals surface area contributed by atoms with Crippen molar-refractivity contribution in [2.75, 3.05) is 0 Å². The van der Waals surface area contributed by atoms with E-state index in [0.717, 1.165) is 5.56 Å². The second-order valence-corrected chi connectivity index (χ2v) is 1.82. The van der Waals surface area contributed by atoms with Crippen LogP contribution in [0.2, 0.25) is 0 Å². The second-order valence-electron chi connectivity index (χ2n) is 1.82. The molecule has 0 saturated carbocycles. The van der Waals surface area contributed by atoms with Crippen molar-refractivity contribution in [1.82, 2.24) is 9.78 Å². The Morgan fingerprint density at radius 3 is 2.50 bits per heavy atom. The van der Waals surface area contributed by atoms with Crippen LogP contribution in [0.4, 0.5) is 0 Å². The normalized spacial score (nSPS) is 9.75. The van der Waals surface area contributed by atoms with Crippen molar-refractivity contribution in [1.29, 1.82) is 0 Å². The molecule has 0 aromatic carbocycles. The highest BCUT2D eigenvalue weighted by atomic mass is 16.1. The monoisotopic (exact) mass is 112 g/mol. The smallest absolute Gasteiger partial charge is 0.269 e. The molecular weight excluding hydrogens is 104 g/mol. The zero-order chi connectivity index (χ0) is 6.15. The summed E-state index contributed by atoms with van der Waals surface area (Å²) in [5, 5.41) is 2.74. The summed E-state index contributed by atoms with van der Waals surface area (Å²) in [7, 11) is 1.69. The molecule has 0 aliphatic rings. The number of rotatable bonds is 0. The van der Waals surface area contributed by atoms with Gasteiger partial charge in [0.05, 0.1) is 0 Å². The van der Waals surface area contributed by atoms with Crippen molar-refractivity contribution in [3.63, 3.8) is 0 Å². The fourth-order valence-corrected chi connectivity index (χ4v) is 0.579. The van der Waals surface area contributed by atoms with E-state index in [-0.39, 0.29) is 5.56 Å². The summed E-state index contributed by atoms with van der Waals surface area (Å²) < 4.78 is 1.44. The van der Waals surface area contributed by atoms with Gasteiger partial charge in [-0.15, -0.1) is 0 Å². The highest BCUT2D eigenvalue weighted by Gasteiger charge is 1.92. The topological polar surface area (TPSA) is 37.8 Å². The van der Waals surface area contributed by atoms with Crippen LogP contribution in [0.1, 0.15) is 5.56 Å². The van der Waals surface area contributed by atoms with Gasteiger partial charge in [-0.05, 0) is 6.92 Å². The summed E-state index contributed by atoms with van der Waals surface area (Å²) in [6.45, 7) is 1.78. The third-order valence-electron chi connectivity index (χ3n) is 1.12. The molecule has 0 amide bonds. The number of aryl methyl sites for hydroxylation is 2. The van der Waals surface area contributed by atoms with E-state index in [9.17, 15) is 4.79 Å². The Balaban J connectivity index is 3.42. The molecule has 1 aromatic rings. The number of aromatic amines is 1. The van der Waals surface area contributed by atoms with Crippen molar-refractivity contribution in [2.24, 2.45) is 7.05 Å². The van der Waals surface area contributed by atoms with Gasteiger partial charge in [0.25, 0.3) is 5.56 Å². The van der Waals surface area contributed by atoms with Gasteiger partial charge in [-0.3, -0.25) is 9.48 Å². The van der Waals surface area contributed by atoms with Gasteiger partial charge in [-0.25, -0.2) is 0 Å². The Morgan fingerprint density at radius 1 is 1.75 bits per heavy atom. The van der Waals surface area contributed by atoms with Crippen LogP contribution in [-0.4, -0.2) is 9.78 Å². The number of H-pyrrole nitrogens is 1. The van der Waals surface area contributed by atoms with Crippen molar-refractivity contribution in [2.45, 2.75) is 6.92 Å². The van der Waals surface area contributed by atoms with E-state index in [1.54, 1.807) is 20.2 Å². The molecule has 1 aromatic heterocycles. The highest BCUT2D eigenvalue weighted by Crippen LogP contribution is 1.79. The van der Waals surface area contributed by atoms with Crippen LogP contribution in [-0.2, 0) is 7.05 Å². The molecule has 1 heterocycles. The van der Waals surface area contributed by atoms with Crippen LogP contribution >= 0.6 is 0 Å². The predicted octanol–water partition coefficient (Wildman–Crippen LogP) is 0.0218. The first-order chi connectivity index (χ1) is 3.72. The zero-order valence-corrected chi connectivity index (χ0v) is 4.93. The summed E-state index contributed by atoms with van der Waals surface area (Å²) in [6.07, 6.45) is 1.68. The summed E-state index contributed by atoms with van der Waals surface area (Å²) in [4.78, 5) is 10.7. The number of nitrogens with one attached hydrogen (secondary N) is 1. The van der Waals surface area contributed by atoms with Gasteiger partial charge >= 0.3 is 0 Å². The lowest BCUT2D eigenvalue weighted by Crippen LogP contribution is -2.12. The maximum atomic E-state index is 10.7. The SMILES string of the molecule is Cc1c[nH]n(C)c1=O. The molecule has 0 unspecified atom stereocenters. The second kappa shape index (κ2) is 1.51. The van der Waals surface area contributed by atoms with E-state index in [1.165, 1.54) is 4.68 Å². The van der Waals surface area contributed by atoms with E-state index in [0.29, 0.717) is 0 Å². The van der Waals surface area contributed by atoms with Crippen LogP contribution < -0.4 is 5.56 Å². The van der Waals surface area contributed by atoms with Gasteiger partial charge in [0.2, 0.25) is 0 Å². The summed E-state index contributed by atoms with van der Waals surface area (Å²) >= 11 is 0. The molecule has 44 valence electrons.